The summed E-state index contributed by atoms with van der Waals surface area (Å²) in [5.41, 5.74) is -0.382. The van der Waals surface area contributed by atoms with Gasteiger partial charge in [0.15, 0.2) is 5.13 Å². The normalized spacial score (nSPS) is 22.2. The first-order chi connectivity index (χ1) is 14.3. The maximum Gasteiger partial charge on any atom is 0.240 e. The fourth-order valence-corrected chi connectivity index (χ4v) is 4.48. The van der Waals surface area contributed by atoms with Crippen molar-refractivity contribution in [3.63, 3.8) is 0 Å². The number of benzene rings is 2. The molecule has 0 aliphatic carbocycles. The van der Waals surface area contributed by atoms with Crippen LogP contribution in [-0.2, 0) is 4.79 Å². The van der Waals surface area contributed by atoms with E-state index >= 15 is 0 Å². The molecule has 1 amide bonds. The smallest absolute Gasteiger partial charge is 0.240 e. The fourth-order valence-electron chi connectivity index (χ4n) is 3.39. The molecule has 3 aromatic rings. The molecule has 0 saturated carbocycles. The molecule has 0 unspecified atom stereocenters. The number of thiazole rings is 1. The van der Waals surface area contributed by atoms with Crippen LogP contribution in [0, 0.1) is 5.82 Å². The highest BCUT2D eigenvalue weighted by molar-refractivity contribution is 7.22. The summed E-state index contributed by atoms with van der Waals surface area (Å²) in [4.78, 5) is 18.8. The number of halogens is 2. The first-order valence-electron chi connectivity index (χ1n) is 9.51. The standard InChI is InChI=1S/C21H21ClFN3O3S/c1-21(28)7-8-26(11-18(21)29-15-4-2-3-13(22)9-15)12-19(27)25-20-24-16-6-5-14(23)10-17(16)30-20/h2-6,9-10,18,28H,7-8,11-12H2,1H3,(H,24,25,27)/t18-,21-/m0/s1. The van der Waals surface area contributed by atoms with E-state index < -0.39 is 11.7 Å². The highest BCUT2D eigenvalue weighted by Crippen LogP contribution is 2.29. The zero-order valence-electron chi connectivity index (χ0n) is 16.3. The molecule has 1 fully saturated rings. The Hall–Kier alpha value is -2.26. The molecule has 1 aliphatic rings. The minimum atomic E-state index is -1.02. The SMILES string of the molecule is C[C@]1(O)CCN(CC(=O)Nc2nc3ccc(F)cc3s2)C[C@@H]1Oc1cccc(Cl)c1. The lowest BCUT2D eigenvalue weighted by molar-refractivity contribution is -0.122. The minimum Gasteiger partial charge on any atom is -0.486 e. The number of aromatic nitrogens is 1. The number of rotatable bonds is 5. The second-order valence-electron chi connectivity index (χ2n) is 7.59. The second-order valence-corrected chi connectivity index (χ2v) is 9.05. The van der Waals surface area contributed by atoms with Crippen molar-refractivity contribution in [1.29, 1.82) is 0 Å². The molecule has 4 rings (SSSR count). The summed E-state index contributed by atoms with van der Waals surface area (Å²) in [6.07, 6.45) is -0.0470. The number of nitrogens with one attached hydrogen (secondary N) is 1. The first kappa shape index (κ1) is 21.0. The molecule has 2 N–H and O–H groups in total. The molecule has 30 heavy (non-hydrogen) atoms. The molecule has 2 aromatic carbocycles. The van der Waals surface area contributed by atoms with Gasteiger partial charge in [-0.25, -0.2) is 9.37 Å². The molecular weight excluding hydrogens is 429 g/mol. The van der Waals surface area contributed by atoms with E-state index in [0.717, 1.165) is 0 Å². The molecule has 2 heterocycles. The van der Waals surface area contributed by atoms with Gasteiger partial charge in [0.05, 0.1) is 16.8 Å². The molecule has 1 aromatic heterocycles. The zero-order valence-corrected chi connectivity index (χ0v) is 17.8. The van der Waals surface area contributed by atoms with Gasteiger partial charge in [0.1, 0.15) is 23.3 Å². The molecule has 158 valence electrons. The van der Waals surface area contributed by atoms with E-state index in [9.17, 15) is 14.3 Å². The van der Waals surface area contributed by atoms with Crippen LogP contribution >= 0.6 is 22.9 Å². The third-order valence-corrected chi connectivity index (χ3v) is 6.26. The molecule has 1 aliphatic heterocycles. The Bertz CT molecular complexity index is 1070. The third-order valence-electron chi connectivity index (χ3n) is 5.09. The molecular formula is C21H21ClFN3O3S. The monoisotopic (exact) mass is 449 g/mol. The number of nitrogens with zero attached hydrogens (tertiary/aromatic N) is 2. The predicted molar refractivity (Wildman–Crippen MR) is 116 cm³/mol. The maximum atomic E-state index is 13.3. The lowest BCUT2D eigenvalue weighted by atomic mass is 9.90. The highest BCUT2D eigenvalue weighted by atomic mass is 35.5. The summed E-state index contributed by atoms with van der Waals surface area (Å²) in [5, 5.41) is 14.5. The lowest BCUT2D eigenvalue weighted by Crippen LogP contribution is -2.57. The number of aliphatic hydroxyl groups is 1. The predicted octanol–water partition coefficient (Wildman–Crippen LogP) is 3.93. The van der Waals surface area contributed by atoms with Crippen LogP contribution in [0.15, 0.2) is 42.5 Å². The molecule has 6 nitrogen and oxygen atoms in total. The second kappa shape index (κ2) is 8.47. The summed E-state index contributed by atoms with van der Waals surface area (Å²) in [6.45, 7) is 2.81. The van der Waals surface area contributed by atoms with Crippen LogP contribution in [0.1, 0.15) is 13.3 Å². The molecule has 0 spiro atoms. The Morgan fingerprint density at radius 1 is 1.43 bits per heavy atom. The van der Waals surface area contributed by atoms with E-state index in [1.807, 2.05) is 4.90 Å². The van der Waals surface area contributed by atoms with Gasteiger partial charge in [-0.1, -0.05) is 29.0 Å². The quantitative estimate of drug-likeness (QED) is 0.617. The zero-order chi connectivity index (χ0) is 21.3. The Morgan fingerprint density at radius 3 is 3.07 bits per heavy atom. The van der Waals surface area contributed by atoms with Crippen molar-refractivity contribution in [3.8, 4) is 5.75 Å². The number of hydrogen-bond donors (Lipinski definition) is 2. The number of ether oxygens (including phenoxy) is 1. The third kappa shape index (κ3) is 4.89. The Balaban J connectivity index is 1.39. The van der Waals surface area contributed by atoms with Gasteiger partial charge in [-0.2, -0.15) is 0 Å². The largest absolute Gasteiger partial charge is 0.486 e. The van der Waals surface area contributed by atoms with Crippen LogP contribution in [0.4, 0.5) is 9.52 Å². The van der Waals surface area contributed by atoms with Gasteiger partial charge in [0.25, 0.3) is 0 Å². The van der Waals surface area contributed by atoms with Crippen LogP contribution in [0.2, 0.25) is 5.02 Å². The van der Waals surface area contributed by atoms with Crippen molar-refractivity contribution in [3.05, 3.63) is 53.3 Å². The van der Waals surface area contributed by atoms with Gasteiger partial charge in [-0.15, -0.1) is 0 Å². The number of likely N-dealkylation sites (tertiary alicyclic amines) is 1. The molecule has 1 saturated heterocycles. The number of fused-ring (bicyclic) bond motifs is 1. The van der Waals surface area contributed by atoms with E-state index in [1.54, 1.807) is 37.3 Å². The van der Waals surface area contributed by atoms with Gasteiger partial charge < -0.3 is 15.2 Å². The fraction of sp³-hybridized carbons (Fsp3) is 0.333. The molecule has 0 radical (unpaired) electrons. The number of carbonyl (C=O) groups excluding carboxylic acids is 1. The summed E-state index contributed by atoms with van der Waals surface area (Å²) in [5.74, 6) is 0.00787. The summed E-state index contributed by atoms with van der Waals surface area (Å²) < 4.78 is 20.0. The van der Waals surface area contributed by atoms with E-state index in [0.29, 0.717) is 45.6 Å². The Morgan fingerprint density at radius 2 is 2.27 bits per heavy atom. The van der Waals surface area contributed by atoms with Crippen molar-refractivity contribution < 1.29 is 19.0 Å². The number of anilines is 1. The van der Waals surface area contributed by atoms with Crippen LogP contribution in [0.5, 0.6) is 5.75 Å². The van der Waals surface area contributed by atoms with Crippen LogP contribution in [0.25, 0.3) is 10.2 Å². The van der Waals surface area contributed by atoms with Gasteiger partial charge in [-0.3, -0.25) is 9.69 Å². The van der Waals surface area contributed by atoms with Gasteiger partial charge in [-0.05, 0) is 49.7 Å². The average Bonchev–Trinajstić information content (AvgIpc) is 3.05. The number of amides is 1. The topological polar surface area (TPSA) is 74.7 Å². The van der Waals surface area contributed by atoms with Gasteiger partial charge in [0, 0.05) is 18.1 Å². The number of hydrogen-bond acceptors (Lipinski definition) is 6. The highest BCUT2D eigenvalue weighted by Gasteiger charge is 2.39. The summed E-state index contributed by atoms with van der Waals surface area (Å²) in [6, 6.07) is 11.3. The lowest BCUT2D eigenvalue weighted by Gasteiger charge is -2.42. The average molecular weight is 450 g/mol. The summed E-state index contributed by atoms with van der Waals surface area (Å²) >= 11 is 7.24. The van der Waals surface area contributed by atoms with Crippen LogP contribution < -0.4 is 10.1 Å². The summed E-state index contributed by atoms with van der Waals surface area (Å²) in [7, 11) is 0. The van der Waals surface area contributed by atoms with Crippen LogP contribution in [0.3, 0.4) is 0 Å². The van der Waals surface area contributed by atoms with E-state index in [4.69, 9.17) is 16.3 Å². The Kier molecular flexibility index (Phi) is 5.92. The van der Waals surface area contributed by atoms with E-state index in [2.05, 4.69) is 10.3 Å². The van der Waals surface area contributed by atoms with Gasteiger partial charge in [0.2, 0.25) is 5.91 Å². The minimum absolute atomic E-state index is 0.135. The van der Waals surface area contributed by atoms with Crippen molar-refractivity contribution in [1.82, 2.24) is 9.88 Å². The number of carbonyl (C=O) groups is 1. The Labute approximate surface area is 182 Å². The van der Waals surface area contributed by atoms with E-state index in [-0.39, 0.29) is 18.3 Å². The van der Waals surface area contributed by atoms with Crippen molar-refractivity contribution in [2.24, 2.45) is 0 Å². The maximum absolute atomic E-state index is 13.3. The van der Waals surface area contributed by atoms with E-state index in [1.165, 1.54) is 23.5 Å². The molecule has 0 bridgehead atoms. The van der Waals surface area contributed by atoms with Crippen molar-refractivity contribution in [2.75, 3.05) is 25.0 Å². The van der Waals surface area contributed by atoms with Crippen molar-refractivity contribution >= 4 is 44.2 Å². The van der Waals surface area contributed by atoms with Crippen molar-refractivity contribution in [2.45, 2.75) is 25.0 Å². The molecule has 2 atom stereocenters. The first-order valence-corrected chi connectivity index (χ1v) is 10.7. The van der Waals surface area contributed by atoms with Crippen LogP contribution in [-0.4, -0.2) is 52.2 Å². The molecule has 9 heteroatoms. The number of piperidine rings is 1. The van der Waals surface area contributed by atoms with Gasteiger partial charge >= 0.3 is 0 Å².